The first-order chi connectivity index (χ1) is 11.5. The van der Waals surface area contributed by atoms with Gasteiger partial charge in [0, 0.05) is 43.7 Å². The Morgan fingerprint density at radius 1 is 1.46 bits per heavy atom. The molecule has 0 bridgehead atoms. The molecule has 1 aliphatic heterocycles. The van der Waals surface area contributed by atoms with E-state index in [1.807, 2.05) is 20.0 Å². The maximum absolute atomic E-state index is 12.4. The van der Waals surface area contributed by atoms with Gasteiger partial charge < -0.3 is 10.2 Å². The third-order valence-corrected chi connectivity index (χ3v) is 5.80. The molecule has 2 atom stereocenters. The predicted molar refractivity (Wildman–Crippen MR) is 91.6 cm³/mol. The minimum absolute atomic E-state index is 0.0442. The quantitative estimate of drug-likeness (QED) is 0.897. The minimum atomic E-state index is -0.113. The van der Waals surface area contributed by atoms with Crippen LogP contribution in [0.15, 0.2) is 6.07 Å². The SMILES string of the molecule is CCCN1C(=O)CC[C@]2(CNC(=O)c3cc(C)n(C)n3)CCC[C@@H]12. The highest BCUT2D eigenvalue weighted by Gasteiger charge is 2.49. The number of rotatable bonds is 5. The maximum Gasteiger partial charge on any atom is 0.271 e. The molecule has 1 aromatic rings. The number of piperidine rings is 1. The molecule has 2 aliphatic rings. The lowest BCUT2D eigenvalue weighted by atomic mass is 9.74. The van der Waals surface area contributed by atoms with Crippen molar-refractivity contribution in [1.29, 1.82) is 0 Å². The van der Waals surface area contributed by atoms with Crippen LogP contribution in [0, 0.1) is 12.3 Å². The van der Waals surface area contributed by atoms with E-state index in [4.69, 9.17) is 0 Å². The van der Waals surface area contributed by atoms with Crippen LogP contribution < -0.4 is 5.32 Å². The molecule has 2 amide bonds. The second kappa shape index (κ2) is 6.57. The molecule has 2 fully saturated rings. The van der Waals surface area contributed by atoms with Gasteiger partial charge in [0.05, 0.1) is 0 Å². The highest BCUT2D eigenvalue weighted by atomic mass is 16.2. The first kappa shape index (κ1) is 17.0. The van der Waals surface area contributed by atoms with Gasteiger partial charge in [-0.1, -0.05) is 13.3 Å². The number of nitrogens with one attached hydrogen (secondary N) is 1. The molecular formula is C18H28N4O2. The Kier molecular flexibility index (Phi) is 4.65. The normalized spacial score (nSPS) is 26.5. The number of aromatic nitrogens is 2. The maximum atomic E-state index is 12.4. The Bertz CT molecular complexity index is 619. The summed E-state index contributed by atoms with van der Waals surface area (Å²) in [5, 5.41) is 7.35. The van der Waals surface area contributed by atoms with E-state index in [1.165, 1.54) is 0 Å². The van der Waals surface area contributed by atoms with Crippen molar-refractivity contribution >= 4 is 11.8 Å². The number of nitrogens with zero attached hydrogens (tertiary/aromatic N) is 3. The van der Waals surface area contributed by atoms with E-state index in [0.29, 0.717) is 18.7 Å². The minimum Gasteiger partial charge on any atom is -0.350 e. The van der Waals surface area contributed by atoms with Crippen molar-refractivity contribution in [2.75, 3.05) is 13.1 Å². The molecule has 1 aromatic heterocycles. The van der Waals surface area contributed by atoms with Crippen LogP contribution in [0.4, 0.5) is 0 Å². The van der Waals surface area contributed by atoms with Crippen molar-refractivity contribution in [3.05, 3.63) is 17.5 Å². The van der Waals surface area contributed by atoms with Gasteiger partial charge in [0.2, 0.25) is 5.91 Å². The van der Waals surface area contributed by atoms with Crippen molar-refractivity contribution in [3.63, 3.8) is 0 Å². The molecule has 1 saturated heterocycles. The van der Waals surface area contributed by atoms with Gasteiger partial charge in [-0.25, -0.2) is 0 Å². The Hall–Kier alpha value is -1.85. The molecule has 2 heterocycles. The molecule has 6 heteroatoms. The molecule has 6 nitrogen and oxygen atoms in total. The van der Waals surface area contributed by atoms with E-state index in [2.05, 4.69) is 22.2 Å². The number of carbonyl (C=O) groups is 2. The van der Waals surface area contributed by atoms with E-state index in [1.54, 1.807) is 4.68 Å². The monoisotopic (exact) mass is 332 g/mol. The first-order valence-electron chi connectivity index (χ1n) is 9.05. The summed E-state index contributed by atoms with van der Waals surface area (Å²) in [5.41, 5.74) is 1.48. The zero-order valence-corrected chi connectivity index (χ0v) is 15.0. The lowest BCUT2D eigenvalue weighted by molar-refractivity contribution is -0.141. The van der Waals surface area contributed by atoms with Crippen LogP contribution in [0.3, 0.4) is 0 Å². The molecule has 24 heavy (non-hydrogen) atoms. The second-order valence-electron chi connectivity index (χ2n) is 7.33. The summed E-state index contributed by atoms with van der Waals surface area (Å²) in [6.45, 7) is 5.52. The van der Waals surface area contributed by atoms with Crippen LogP contribution in [0.25, 0.3) is 0 Å². The average molecular weight is 332 g/mol. The highest BCUT2D eigenvalue weighted by Crippen LogP contribution is 2.47. The zero-order chi connectivity index (χ0) is 17.3. The van der Waals surface area contributed by atoms with Crippen molar-refractivity contribution in [2.45, 2.75) is 58.4 Å². The van der Waals surface area contributed by atoms with Gasteiger partial charge in [0.25, 0.3) is 5.91 Å². The fourth-order valence-electron chi connectivity index (χ4n) is 4.41. The number of carbonyl (C=O) groups excluding carboxylic acids is 2. The van der Waals surface area contributed by atoms with Gasteiger partial charge in [0.15, 0.2) is 0 Å². The molecule has 1 saturated carbocycles. The van der Waals surface area contributed by atoms with Gasteiger partial charge >= 0.3 is 0 Å². The van der Waals surface area contributed by atoms with E-state index in [0.717, 1.165) is 44.3 Å². The molecule has 132 valence electrons. The zero-order valence-electron chi connectivity index (χ0n) is 15.0. The number of aryl methyl sites for hydroxylation is 2. The molecule has 1 N–H and O–H groups in total. The standard InChI is InChI=1S/C18H28N4O2/c1-4-10-22-15-6-5-8-18(15,9-7-16(22)23)12-19-17(24)14-11-13(2)21(3)20-14/h11,15H,4-10,12H2,1-3H3,(H,19,24)/t15-,18+/m1/s1. The Balaban J connectivity index is 1.70. The third-order valence-electron chi connectivity index (χ3n) is 5.80. The molecule has 3 rings (SSSR count). The molecule has 1 aliphatic carbocycles. The largest absolute Gasteiger partial charge is 0.350 e. The van der Waals surface area contributed by atoms with E-state index < -0.39 is 0 Å². The summed E-state index contributed by atoms with van der Waals surface area (Å²) < 4.78 is 1.72. The number of likely N-dealkylation sites (tertiary alicyclic amines) is 1. The lowest BCUT2D eigenvalue weighted by Crippen LogP contribution is -2.56. The van der Waals surface area contributed by atoms with E-state index in [-0.39, 0.29) is 23.3 Å². The Morgan fingerprint density at radius 2 is 2.25 bits per heavy atom. The molecule has 0 unspecified atom stereocenters. The second-order valence-corrected chi connectivity index (χ2v) is 7.33. The molecular weight excluding hydrogens is 304 g/mol. The molecule has 0 aromatic carbocycles. The summed E-state index contributed by atoms with van der Waals surface area (Å²) in [4.78, 5) is 26.8. The summed E-state index contributed by atoms with van der Waals surface area (Å²) in [6.07, 6.45) is 5.76. The van der Waals surface area contributed by atoms with Crippen LogP contribution in [0.1, 0.15) is 61.6 Å². The topological polar surface area (TPSA) is 67.2 Å². The fraction of sp³-hybridized carbons (Fsp3) is 0.722. The van der Waals surface area contributed by atoms with Crippen molar-refractivity contribution in [3.8, 4) is 0 Å². The van der Waals surface area contributed by atoms with Crippen LogP contribution in [-0.2, 0) is 11.8 Å². The summed E-state index contributed by atoms with van der Waals surface area (Å²) in [7, 11) is 1.84. The van der Waals surface area contributed by atoms with Crippen molar-refractivity contribution < 1.29 is 9.59 Å². The predicted octanol–water partition coefficient (Wildman–Crippen LogP) is 2.03. The Morgan fingerprint density at radius 3 is 2.92 bits per heavy atom. The summed E-state index contributed by atoms with van der Waals surface area (Å²) >= 11 is 0. The number of fused-ring (bicyclic) bond motifs is 1. The highest BCUT2D eigenvalue weighted by molar-refractivity contribution is 5.92. The third kappa shape index (κ3) is 2.94. The van der Waals surface area contributed by atoms with Gasteiger partial charge in [-0.2, -0.15) is 5.10 Å². The number of hydrogen-bond acceptors (Lipinski definition) is 3. The van der Waals surface area contributed by atoms with E-state index in [9.17, 15) is 9.59 Å². The van der Waals surface area contributed by atoms with Crippen LogP contribution in [0.5, 0.6) is 0 Å². The van der Waals surface area contributed by atoms with Crippen LogP contribution in [-0.4, -0.2) is 45.6 Å². The number of amides is 2. The van der Waals surface area contributed by atoms with Crippen LogP contribution >= 0.6 is 0 Å². The molecule has 0 spiro atoms. The van der Waals surface area contributed by atoms with E-state index >= 15 is 0 Å². The van der Waals surface area contributed by atoms with Gasteiger partial charge in [-0.05, 0) is 38.7 Å². The number of hydrogen-bond donors (Lipinski definition) is 1. The first-order valence-corrected chi connectivity index (χ1v) is 9.05. The lowest BCUT2D eigenvalue weighted by Gasteiger charge is -2.46. The molecule has 0 radical (unpaired) electrons. The average Bonchev–Trinajstić information content (AvgIpc) is 3.13. The van der Waals surface area contributed by atoms with Crippen molar-refractivity contribution in [1.82, 2.24) is 20.0 Å². The van der Waals surface area contributed by atoms with Crippen molar-refractivity contribution in [2.24, 2.45) is 12.5 Å². The Labute approximate surface area is 143 Å². The fourth-order valence-corrected chi connectivity index (χ4v) is 4.41. The van der Waals surface area contributed by atoms with Gasteiger partial charge in [-0.15, -0.1) is 0 Å². The summed E-state index contributed by atoms with van der Waals surface area (Å²) in [6, 6.07) is 2.09. The van der Waals surface area contributed by atoms with Gasteiger partial charge in [-0.3, -0.25) is 14.3 Å². The smallest absolute Gasteiger partial charge is 0.271 e. The summed E-state index contributed by atoms with van der Waals surface area (Å²) in [5.74, 6) is 0.170. The van der Waals surface area contributed by atoms with Gasteiger partial charge in [0.1, 0.15) is 5.69 Å². The van der Waals surface area contributed by atoms with Crippen LogP contribution in [0.2, 0.25) is 0 Å².